The van der Waals surface area contributed by atoms with Crippen molar-refractivity contribution in [2.45, 2.75) is 0 Å². The molecule has 0 amide bonds. The molecule has 0 saturated heterocycles. The first kappa shape index (κ1) is 34.1. The van der Waals surface area contributed by atoms with Gasteiger partial charge in [0.25, 0.3) is 5.69 Å². The summed E-state index contributed by atoms with van der Waals surface area (Å²) < 4.78 is 4.61. The molecule has 0 saturated carbocycles. The van der Waals surface area contributed by atoms with E-state index in [0.29, 0.717) is 23.0 Å². The van der Waals surface area contributed by atoms with Crippen LogP contribution in [-0.2, 0) is 0 Å². The SMILES string of the molecule is O=[N+]([O-])c1cccc(-c2cc(-c3nc(-c4ccccc4)nc(-c4ccccc4)n3)ccc2-n2c3ccccc3c3cc4c5ccccc5n(-c5ccccc5)c4cc32)c1. The molecule has 0 radical (unpaired) electrons. The van der Waals surface area contributed by atoms with Crippen LogP contribution in [0.2, 0.25) is 0 Å². The molecule has 0 fully saturated rings. The van der Waals surface area contributed by atoms with Crippen LogP contribution in [0.15, 0.2) is 194 Å². The second-order valence-electron chi connectivity index (χ2n) is 14.5. The zero-order valence-corrected chi connectivity index (χ0v) is 31.5. The minimum atomic E-state index is -0.350. The molecule has 0 N–H and O–H groups in total. The zero-order chi connectivity index (χ0) is 39.5. The zero-order valence-electron chi connectivity index (χ0n) is 31.5. The van der Waals surface area contributed by atoms with Crippen molar-refractivity contribution >= 4 is 49.3 Å². The molecule has 0 unspecified atom stereocenters. The van der Waals surface area contributed by atoms with Crippen molar-refractivity contribution in [3.05, 3.63) is 204 Å². The maximum Gasteiger partial charge on any atom is 0.270 e. The Kier molecular flexibility index (Phi) is 7.94. The van der Waals surface area contributed by atoms with E-state index in [-0.39, 0.29) is 10.6 Å². The maximum absolute atomic E-state index is 12.2. The largest absolute Gasteiger partial charge is 0.309 e. The number of non-ortho nitro benzene ring substituents is 1. The van der Waals surface area contributed by atoms with E-state index in [1.807, 2.05) is 84.9 Å². The lowest BCUT2D eigenvalue weighted by Gasteiger charge is -2.16. The number of rotatable bonds is 7. The van der Waals surface area contributed by atoms with Crippen LogP contribution in [-0.4, -0.2) is 29.0 Å². The van der Waals surface area contributed by atoms with Crippen molar-refractivity contribution in [3.8, 4) is 56.7 Å². The average Bonchev–Trinajstić information content (AvgIpc) is 3.80. The molecular weight excluding hydrogens is 729 g/mol. The quantitative estimate of drug-likeness (QED) is 0.119. The summed E-state index contributed by atoms with van der Waals surface area (Å²) in [6, 6.07) is 64.8. The molecule has 278 valence electrons. The van der Waals surface area contributed by atoms with Crippen molar-refractivity contribution in [2.75, 3.05) is 0 Å². The molecule has 11 rings (SSSR count). The van der Waals surface area contributed by atoms with Crippen molar-refractivity contribution in [2.24, 2.45) is 0 Å². The molecule has 8 nitrogen and oxygen atoms in total. The summed E-state index contributed by atoms with van der Waals surface area (Å²) in [4.78, 5) is 26.8. The average molecular weight is 761 g/mol. The van der Waals surface area contributed by atoms with Crippen molar-refractivity contribution < 1.29 is 4.92 Å². The lowest BCUT2D eigenvalue weighted by atomic mass is 9.99. The Labute approximate surface area is 338 Å². The predicted molar refractivity (Wildman–Crippen MR) is 237 cm³/mol. The van der Waals surface area contributed by atoms with Gasteiger partial charge in [0, 0.05) is 61.6 Å². The van der Waals surface area contributed by atoms with Crippen LogP contribution in [0.4, 0.5) is 5.69 Å². The number of benzene rings is 8. The fraction of sp³-hybridized carbons (Fsp3) is 0. The molecule has 11 aromatic rings. The highest BCUT2D eigenvalue weighted by Crippen LogP contribution is 2.42. The Bertz CT molecular complexity index is 3350. The highest BCUT2D eigenvalue weighted by molar-refractivity contribution is 6.19. The maximum atomic E-state index is 12.2. The topological polar surface area (TPSA) is 91.7 Å². The fourth-order valence-corrected chi connectivity index (χ4v) is 8.37. The van der Waals surface area contributed by atoms with Crippen LogP contribution >= 0.6 is 0 Å². The van der Waals surface area contributed by atoms with E-state index in [9.17, 15) is 10.1 Å². The van der Waals surface area contributed by atoms with E-state index in [2.05, 4.69) is 100 Å². The molecule has 0 atom stereocenters. The first-order valence-electron chi connectivity index (χ1n) is 19.4. The number of nitro benzene ring substituents is 1. The van der Waals surface area contributed by atoms with Gasteiger partial charge in [0.1, 0.15) is 0 Å². The summed E-state index contributed by atoms with van der Waals surface area (Å²) in [5, 5.41) is 16.7. The first-order valence-corrected chi connectivity index (χ1v) is 19.4. The summed E-state index contributed by atoms with van der Waals surface area (Å²) >= 11 is 0. The van der Waals surface area contributed by atoms with Crippen molar-refractivity contribution in [1.29, 1.82) is 0 Å². The lowest BCUT2D eigenvalue weighted by molar-refractivity contribution is -0.384. The monoisotopic (exact) mass is 760 g/mol. The Balaban J connectivity index is 1.21. The Morgan fingerprint density at radius 2 is 0.898 bits per heavy atom. The summed E-state index contributed by atoms with van der Waals surface area (Å²) in [5.74, 6) is 1.60. The molecule has 3 aromatic heterocycles. The second kappa shape index (κ2) is 13.8. The van der Waals surface area contributed by atoms with E-state index in [4.69, 9.17) is 15.0 Å². The van der Waals surface area contributed by atoms with Gasteiger partial charge < -0.3 is 9.13 Å². The lowest BCUT2D eigenvalue weighted by Crippen LogP contribution is -2.02. The van der Waals surface area contributed by atoms with Gasteiger partial charge in [-0.3, -0.25) is 10.1 Å². The van der Waals surface area contributed by atoms with Gasteiger partial charge in [-0.05, 0) is 60.2 Å². The van der Waals surface area contributed by atoms with Gasteiger partial charge in [0.15, 0.2) is 17.5 Å². The smallest absolute Gasteiger partial charge is 0.270 e. The van der Waals surface area contributed by atoms with Gasteiger partial charge in [-0.1, -0.05) is 127 Å². The minimum Gasteiger partial charge on any atom is -0.309 e. The van der Waals surface area contributed by atoms with Crippen molar-refractivity contribution in [3.63, 3.8) is 0 Å². The van der Waals surface area contributed by atoms with Gasteiger partial charge in [-0.2, -0.15) is 0 Å². The van der Waals surface area contributed by atoms with E-state index < -0.39 is 0 Å². The molecule has 0 aliphatic heterocycles. The number of hydrogen-bond donors (Lipinski definition) is 0. The minimum absolute atomic E-state index is 0.00745. The van der Waals surface area contributed by atoms with Gasteiger partial charge in [-0.15, -0.1) is 0 Å². The number of hydrogen-bond acceptors (Lipinski definition) is 5. The molecule has 8 aromatic carbocycles. The molecule has 0 spiro atoms. The van der Waals surface area contributed by atoms with Gasteiger partial charge in [0.05, 0.1) is 32.7 Å². The molecule has 0 aliphatic rings. The fourth-order valence-electron chi connectivity index (χ4n) is 8.37. The van der Waals surface area contributed by atoms with Gasteiger partial charge in [0.2, 0.25) is 0 Å². The Morgan fingerprint density at radius 3 is 1.51 bits per heavy atom. The standard InChI is InChI=1S/C51H32N6O2/c58-57(59)38-22-14-19-35(29-38)41-30-36(51-53-49(33-15-4-1-5-16-33)52-50(54-51)34-17-6-2-7-18-34)27-28-46(41)56-45-26-13-11-24-40(45)43-31-42-39-23-10-12-25-44(39)55(47(42)32-48(43)56)37-20-8-3-9-21-37/h1-32H. The van der Waals surface area contributed by atoms with Crippen LogP contribution in [0.1, 0.15) is 0 Å². The Morgan fingerprint density at radius 1 is 0.390 bits per heavy atom. The van der Waals surface area contributed by atoms with E-state index in [0.717, 1.165) is 71.9 Å². The van der Waals surface area contributed by atoms with Crippen molar-refractivity contribution in [1.82, 2.24) is 24.1 Å². The highest BCUT2D eigenvalue weighted by Gasteiger charge is 2.22. The van der Waals surface area contributed by atoms with Crippen LogP contribution < -0.4 is 0 Å². The molecular formula is C51H32N6O2. The molecule has 59 heavy (non-hydrogen) atoms. The normalized spacial score (nSPS) is 11.5. The third-order valence-corrected chi connectivity index (χ3v) is 11.0. The van der Waals surface area contributed by atoms with E-state index in [1.165, 1.54) is 11.5 Å². The third-order valence-electron chi connectivity index (χ3n) is 11.0. The van der Waals surface area contributed by atoms with Crippen LogP contribution in [0.25, 0.3) is 100 Å². The number of para-hydroxylation sites is 3. The number of fused-ring (bicyclic) bond motifs is 6. The Hall–Kier alpha value is -8.23. The second-order valence-corrected chi connectivity index (χ2v) is 14.5. The predicted octanol–water partition coefficient (Wildman–Crippen LogP) is 12.6. The van der Waals surface area contributed by atoms with E-state index >= 15 is 0 Å². The number of nitro groups is 1. The van der Waals surface area contributed by atoms with E-state index in [1.54, 1.807) is 12.1 Å². The molecule has 0 aliphatic carbocycles. The number of nitrogens with zero attached hydrogens (tertiary/aromatic N) is 6. The summed E-state index contributed by atoms with van der Waals surface area (Å²) in [5.41, 5.74) is 10.2. The van der Waals surface area contributed by atoms with Crippen LogP contribution in [0.3, 0.4) is 0 Å². The molecule has 8 heteroatoms. The third kappa shape index (κ3) is 5.73. The van der Waals surface area contributed by atoms with Crippen LogP contribution in [0, 0.1) is 10.1 Å². The highest BCUT2D eigenvalue weighted by atomic mass is 16.6. The first-order chi connectivity index (χ1) is 29.1. The summed E-state index contributed by atoms with van der Waals surface area (Å²) in [6.45, 7) is 0. The molecule has 3 heterocycles. The van der Waals surface area contributed by atoms with Gasteiger partial charge >= 0.3 is 0 Å². The number of aromatic nitrogens is 5. The summed E-state index contributed by atoms with van der Waals surface area (Å²) in [7, 11) is 0. The summed E-state index contributed by atoms with van der Waals surface area (Å²) in [6.07, 6.45) is 0. The molecule has 0 bridgehead atoms. The van der Waals surface area contributed by atoms with Crippen LogP contribution in [0.5, 0.6) is 0 Å². The van der Waals surface area contributed by atoms with Gasteiger partial charge in [-0.25, -0.2) is 15.0 Å².